The summed E-state index contributed by atoms with van der Waals surface area (Å²) in [6.45, 7) is 1.78. The van der Waals surface area contributed by atoms with Gasteiger partial charge in [-0.05, 0) is 73.2 Å². The van der Waals surface area contributed by atoms with Crippen molar-refractivity contribution in [2.75, 3.05) is 15.4 Å². The Morgan fingerprint density at radius 3 is 1.90 bits per heavy atom. The summed E-state index contributed by atoms with van der Waals surface area (Å²) in [5.41, 5.74) is 2.17. The van der Waals surface area contributed by atoms with E-state index in [1.165, 1.54) is 24.3 Å². The molecular weight excluding hydrogens is 433 g/mol. The second-order valence-electron chi connectivity index (χ2n) is 6.18. The standard InChI is InChI=1S/C20H17Cl2N3O3S/c1-13-2-3-15(22)12-19(13)25-29(27,28)18-10-8-17(9-11-18)24-20(26)23-16-6-4-14(21)5-7-16/h2-12,25H,1H3,(H2,23,24,26). The zero-order chi connectivity index (χ0) is 21.0. The van der Waals surface area contributed by atoms with Gasteiger partial charge in [-0.2, -0.15) is 0 Å². The molecule has 0 aliphatic rings. The van der Waals surface area contributed by atoms with Crippen molar-refractivity contribution >= 4 is 56.3 Å². The van der Waals surface area contributed by atoms with Gasteiger partial charge in [-0.1, -0.05) is 29.3 Å². The lowest BCUT2D eigenvalue weighted by atomic mass is 10.2. The smallest absolute Gasteiger partial charge is 0.308 e. The highest BCUT2D eigenvalue weighted by molar-refractivity contribution is 7.92. The summed E-state index contributed by atoms with van der Waals surface area (Å²) in [6, 6.07) is 17.0. The van der Waals surface area contributed by atoms with Crippen LogP contribution in [0.5, 0.6) is 0 Å². The molecule has 29 heavy (non-hydrogen) atoms. The van der Waals surface area contributed by atoms with Gasteiger partial charge in [-0.15, -0.1) is 0 Å². The molecular formula is C20H17Cl2N3O3S. The van der Waals surface area contributed by atoms with Crippen molar-refractivity contribution in [2.45, 2.75) is 11.8 Å². The number of anilines is 3. The number of nitrogens with one attached hydrogen (secondary N) is 3. The average Bonchev–Trinajstić information content (AvgIpc) is 2.67. The third-order valence-corrected chi connectivity index (χ3v) is 5.84. The van der Waals surface area contributed by atoms with Crippen LogP contribution < -0.4 is 15.4 Å². The topological polar surface area (TPSA) is 87.3 Å². The first-order valence-electron chi connectivity index (χ1n) is 8.45. The molecule has 3 aromatic rings. The molecule has 0 saturated heterocycles. The van der Waals surface area contributed by atoms with E-state index in [-0.39, 0.29) is 4.90 Å². The summed E-state index contributed by atoms with van der Waals surface area (Å²) in [6.07, 6.45) is 0. The highest BCUT2D eigenvalue weighted by Gasteiger charge is 2.16. The number of hydrogen-bond donors (Lipinski definition) is 3. The second kappa shape index (κ2) is 8.73. The van der Waals surface area contributed by atoms with E-state index in [2.05, 4.69) is 15.4 Å². The molecule has 3 aromatic carbocycles. The SMILES string of the molecule is Cc1ccc(Cl)cc1NS(=O)(=O)c1ccc(NC(=O)Nc2ccc(Cl)cc2)cc1. The zero-order valence-electron chi connectivity index (χ0n) is 15.2. The lowest BCUT2D eigenvalue weighted by Crippen LogP contribution is -2.19. The molecule has 6 nitrogen and oxygen atoms in total. The van der Waals surface area contributed by atoms with E-state index < -0.39 is 16.1 Å². The van der Waals surface area contributed by atoms with Crippen LogP contribution in [0.1, 0.15) is 5.56 Å². The van der Waals surface area contributed by atoms with Crippen LogP contribution in [0.15, 0.2) is 71.6 Å². The molecule has 3 N–H and O–H groups in total. The van der Waals surface area contributed by atoms with Crippen molar-refractivity contribution in [1.82, 2.24) is 0 Å². The second-order valence-corrected chi connectivity index (χ2v) is 8.73. The van der Waals surface area contributed by atoms with Crippen molar-refractivity contribution in [3.05, 3.63) is 82.3 Å². The molecule has 9 heteroatoms. The number of aryl methyl sites for hydroxylation is 1. The van der Waals surface area contributed by atoms with Crippen molar-refractivity contribution in [3.63, 3.8) is 0 Å². The summed E-state index contributed by atoms with van der Waals surface area (Å²) in [4.78, 5) is 12.1. The van der Waals surface area contributed by atoms with Gasteiger partial charge in [-0.25, -0.2) is 13.2 Å². The van der Waals surface area contributed by atoms with E-state index in [1.54, 1.807) is 49.4 Å². The van der Waals surface area contributed by atoms with Gasteiger partial charge < -0.3 is 10.6 Å². The Morgan fingerprint density at radius 1 is 0.793 bits per heavy atom. The Kier molecular flexibility index (Phi) is 6.32. The summed E-state index contributed by atoms with van der Waals surface area (Å²) in [5, 5.41) is 6.28. The monoisotopic (exact) mass is 449 g/mol. The van der Waals surface area contributed by atoms with Crippen LogP contribution in [0.3, 0.4) is 0 Å². The van der Waals surface area contributed by atoms with Crippen molar-refractivity contribution < 1.29 is 13.2 Å². The van der Waals surface area contributed by atoms with Gasteiger partial charge in [-0.3, -0.25) is 4.72 Å². The first-order valence-corrected chi connectivity index (χ1v) is 10.7. The molecule has 0 unspecified atom stereocenters. The van der Waals surface area contributed by atoms with Crippen LogP contribution >= 0.6 is 23.2 Å². The molecule has 150 valence electrons. The van der Waals surface area contributed by atoms with Gasteiger partial charge in [0.15, 0.2) is 0 Å². The fourth-order valence-corrected chi connectivity index (χ4v) is 3.87. The number of sulfonamides is 1. The number of hydrogen-bond acceptors (Lipinski definition) is 3. The maximum Gasteiger partial charge on any atom is 0.323 e. The first kappa shape index (κ1) is 21.0. The van der Waals surface area contributed by atoms with Crippen LogP contribution in [-0.4, -0.2) is 14.4 Å². The normalized spacial score (nSPS) is 11.0. The number of urea groups is 1. The maximum atomic E-state index is 12.6. The van der Waals surface area contributed by atoms with Gasteiger partial charge in [0, 0.05) is 21.4 Å². The summed E-state index contributed by atoms with van der Waals surface area (Å²) >= 11 is 11.7. The van der Waals surface area contributed by atoms with E-state index in [1.807, 2.05) is 0 Å². The van der Waals surface area contributed by atoms with Crippen LogP contribution in [0.2, 0.25) is 10.0 Å². The molecule has 0 radical (unpaired) electrons. The van der Waals surface area contributed by atoms with E-state index >= 15 is 0 Å². The quantitative estimate of drug-likeness (QED) is 0.463. The minimum Gasteiger partial charge on any atom is -0.308 e. The molecule has 0 fully saturated rings. The minimum atomic E-state index is -3.80. The van der Waals surface area contributed by atoms with E-state index in [0.29, 0.717) is 27.1 Å². The highest BCUT2D eigenvalue weighted by Crippen LogP contribution is 2.24. The molecule has 0 spiro atoms. The third-order valence-electron chi connectivity index (χ3n) is 3.97. The van der Waals surface area contributed by atoms with Crippen molar-refractivity contribution in [1.29, 1.82) is 0 Å². The summed E-state index contributed by atoms with van der Waals surface area (Å²) in [7, 11) is -3.80. The van der Waals surface area contributed by atoms with Crippen molar-refractivity contribution in [3.8, 4) is 0 Å². The van der Waals surface area contributed by atoms with Crippen LogP contribution in [0.4, 0.5) is 21.9 Å². The predicted molar refractivity (Wildman–Crippen MR) is 118 cm³/mol. The predicted octanol–water partition coefficient (Wildman–Crippen LogP) is 5.75. The maximum absolute atomic E-state index is 12.6. The molecule has 3 rings (SSSR count). The zero-order valence-corrected chi connectivity index (χ0v) is 17.6. The van der Waals surface area contributed by atoms with E-state index in [0.717, 1.165) is 5.56 Å². The number of benzene rings is 3. The van der Waals surface area contributed by atoms with Gasteiger partial charge in [0.25, 0.3) is 10.0 Å². The Morgan fingerprint density at radius 2 is 1.31 bits per heavy atom. The molecule has 2 amide bonds. The molecule has 0 aliphatic carbocycles. The molecule has 0 aromatic heterocycles. The van der Waals surface area contributed by atoms with Gasteiger partial charge in [0.05, 0.1) is 10.6 Å². The Hall–Kier alpha value is -2.74. The number of rotatable bonds is 5. The fourth-order valence-electron chi connectivity index (χ4n) is 2.45. The van der Waals surface area contributed by atoms with Crippen molar-refractivity contribution in [2.24, 2.45) is 0 Å². The molecule has 0 atom stereocenters. The summed E-state index contributed by atoms with van der Waals surface area (Å²) in [5.74, 6) is 0. The van der Waals surface area contributed by atoms with Gasteiger partial charge in [0.1, 0.15) is 0 Å². The molecule has 0 bridgehead atoms. The molecule has 0 saturated carbocycles. The number of carbonyl (C=O) groups is 1. The van der Waals surface area contributed by atoms with Gasteiger partial charge in [0.2, 0.25) is 0 Å². The van der Waals surface area contributed by atoms with E-state index in [4.69, 9.17) is 23.2 Å². The highest BCUT2D eigenvalue weighted by atomic mass is 35.5. The third kappa shape index (κ3) is 5.63. The fraction of sp³-hybridized carbons (Fsp3) is 0.0500. The number of carbonyl (C=O) groups excluding carboxylic acids is 1. The number of halogens is 2. The van der Waals surface area contributed by atoms with Crippen LogP contribution in [-0.2, 0) is 10.0 Å². The lowest BCUT2D eigenvalue weighted by Gasteiger charge is -2.12. The molecule has 0 heterocycles. The Balaban J connectivity index is 1.68. The Labute approximate surface area is 178 Å². The first-order chi connectivity index (χ1) is 13.7. The van der Waals surface area contributed by atoms with Crippen LogP contribution in [0, 0.1) is 6.92 Å². The lowest BCUT2D eigenvalue weighted by molar-refractivity contribution is 0.262. The summed E-state index contributed by atoms with van der Waals surface area (Å²) < 4.78 is 27.7. The van der Waals surface area contributed by atoms with E-state index in [9.17, 15) is 13.2 Å². The van der Waals surface area contributed by atoms with Crippen LogP contribution in [0.25, 0.3) is 0 Å². The Bertz CT molecular complexity index is 1130. The largest absolute Gasteiger partial charge is 0.323 e. The molecule has 0 aliphatic heterocycles. The minimum absolute atomic E-state index is 0.0561. The number of amides is 2. The average molecular weight is 450 g/mol. The van der Waals surface area contributed by atoms with Gasteiger partial charge >= 0.3 is 6.03 Å².